The van der Waals surface area contributed by atoms with Crippen LogP contribution in [0.15, 0.2) is 72.8 Å². The molecule has 0 aliphatic heterocycles. The maximum Gasteiger partial charge on any atom is 0.212 e. The van der Waals surface area contributed by atoms with E-state index in [4.69, 9.17) is 0 Å². The van der Waals surface area contributed by atoms with Gasteiger partial charge in [-0.05, 0) is 47.2 Å². The van der Waals surface area contributed by atoms with Crippen LogP contribution in [-0.2, 0) is 0 Å². The number of thiophene rings is 3. The molecule has 5 aromatic rings. The molecular weight excluding hydrogens is 392 g/mol. The van der Waals surface area contributed by atoms with Crippen LogP contribution in [0.1, 0.15) is 29.1 Å². The molecule has 0 bridgehead atoms. The third kappa shape index (κ3) is 2.94. The summed E-state index contributed by atoms with van der Waals surface area (Å²) in [7, 11) is 0. The highest BCUT2D eigenvalue weighted by Crippen LogP contribution is 2.32. The molecule has 2 aromatic carbocycles. The zero-order chi connectivity index (χ0) is 18.4. The third-order valence-corrected chi connectivity index (χ3v) is 7.66. The fourth-order valence-corrected chi connectivity index (χ4v) is 6.09. The largest absolute Gasteiger partial charge is 0.287 e. The summed E-state index contributed by atoms with van der Waals surface area (Å²) in [4.78, 5) is 28.3. The predicted molar refractivity (Wildman–Crippen MR) is 115 cm³/mol. The Bertz CT molecular complexity index is 1150. The van der Waals surface area contributed by atoms with Crippen molar-refractivity contribution in [2.75, 3.05) is 0 Å². The number of benzene rings is 2. The molecule has 3 heterocycles. The first-order valence-electron chi connectivity index (χ1n) is 8.35. The summed E-state index contributed by atoms with van der Waals surface area (Å²) in [6, 6.07) is 23.3. The molecule has 0 fully saturated rings. The lowest BCUT2D eigenvalue weighted by Gasteiger charge is -1.93. The van der Waals surface area contributed by atoms with Gasteiger partial charge in [0, 0.05) is 9.40 Å². The molecule has 0 atom stereocenters. The molecule has 0 saturated heterocycles. The second-order valence-electron chi connectivity index (χ2n) is 6.12. The van der Waals surface area contributed by atoms with Crippen molar-refractivity contribution in [2.45, 2.75) is 0 Å². The molecular formula is C22H12O2S3. The Hall–Kier alpha value is -2.60. The Balaban J connectivity index is 1.46. The summed E-state index contributed by atoms with van der Waals surface area (Å²) >= 11 is 4.26. The zero-order valence-electron chi connectivity index (χ0n) is 14.0. The number of hydrogen-bond acceptors (Lipinski definition) is 5. The van der Waals surface area contributed by atoms with E-state index in [9.17, 15) is 9.59 Å². The smallest absolute Gasteiger partial charge is 0.212 e. The van der Waals surface area contributed by atoms with Crippen LogP contribution in [0.25, 0.3) is 20.2 Å². The second kappa shape index (κ2) is 6.53. The zero-order valence-corrected chi connectivity index (χ0v) is 16.4. The van der Waals surface area contributed by atoms with Crippen LogP contribution in [0.4, 0.5) is 0 Å². The number of fused-ring (bicyclic) bond motifs is 2. The van der Waals surface area contributed by atoms with Gasteiger partial charge in [-0.15, -0.1) is 34.0 Å². The molecule has 0 N–H and O–H groups in total. The van der Waals surface area contributed by atoms with Gasteiger partial charge in [-0.2, -0.15) is 0 Å². The second-order valence-corrected chi connectivity index (χ2v) is 9.37. The van der Waals surface area contributed by atoms with Crippen LogP contribution >= 0.6 is 34.0 Å². The summed E-state index contributed by atoms with van der Waals surface area (Å²) < 4.78 is 2.19. The summed E-state index contributed by atoms with van der Waals surface area (Å²) in [5.74, 6) is -0.0341. The van der Waals surface area contributed by atoms with Crippen molar-refractivity contribution >= 4 is 65.7 Å². The van der Waals surface area contributed by atoms with Crippen molar-refractivity contribution in [3.05, 3.63) is 92.3 Å². The first-order valence-corrected chi connectivity index (χ1v) is 10.8. The molecule has 2 nitrogen and oxygen atoms in total. The Kier molecular flexibility index (Phi) is 4.01. The predicted octanol–water partition coefficient (Wildman–Crippen LogP) is 6.64. The van der Waals surface area contributed by atoms with Gasteiger partial charge in [-0.1, -0.05) is 36.4 Å². The topological polar surface area (TPSA) is 34.1 Å². The molecule has 0 aliphatic rings. The van der Waals surface area contributed by atoms with Crippen LogP contribution in [-0.4, -0.2) is 11.6 Å². The van der Waals surface area contributed by atoms with Gasteiger partial charge < -0.3 is 0 Å². The maximum atomic E-state index is 12.8. The minimum Gasteiger partial charge on any atom is -0.287 e. The molecule has 5 rings (SSSR count). The number of carbonyl (C=O) groups is 2. The Morgan fingerprint density at radius 2 is 0.963 bits per heavy atom. The lowest BCUT2D eigenvalue weighted by molar-refractivity contribution is 0.103. The quantitative estimate of drug-likeness (QED) is 0.315. The van der Waals surface area contributed by atoms with Gasteiger partial charge in [-0.25, -0.2) is 0 Å². The van der Waals surface area contributed by atoms with E-state index in [1.54, 1.807) is 12.1 Å². The molecule has 0 aliphatic carbocycles. The first-order chi connectivity index (χ1) is 13.2. The van der Waals surface area contributed by atoms with Gasteiger partial charge in [0.15, 0.2) is 0 Å². The average Bonchev–Trinajstić information content (AvgIpc) is 3.43. The van der Waals surface area contributed by atoms with E-state index in [2.05, 4.69) is 0 Å². The Morgan fingerprint density at radius 3 is 1.41 bits per heavy atom. The van der Waals surface area contributed by atoms with Crippen molar-refractivity contribution in [3.8, 4) is 0 Å². The van der Waals surface area contributed by atoms with Gasteiger partial charge in [0.25, 0.3) is 0 Å². The minimum atomic E-state index is -0.0170. The number of hydrogen-bond donors (Lipinski definition) is 0. The molecule has 130 valence electrons. The van der Waals surface area contributed by atoms with E-state index in [1.165, 1.54) is 34.0 Å². The van der Waals surface area contributed by atoms with Crippen molar-refractivity contribution < 1.29 is 9.59 Å². The van der Waals surface area contributed by atoms with Crippen molar-refractivity contribution in [3.63, 3.8) is 0 Å². The fraction of sp³-hybridized carbons (Fsp3) is 0. The van der Waals surface area contributed by atoms with E-state index in [1.807, 2.05) is 60.7 Å². The molecule has 3 aromatic heterocycles. The summed E-state index contributed by atoms with van der Waals surface area (Å²) in [6.07, 6.45) is 0. The normalized spacial score (nSPS) is 11.3. The summed E-state index contributed by atoms with van der Waals surface area (Å²) in [5, 5.41) is 2.15. The molecule has 27 heavy (non-hydrogen) atoms. The standard InChI is InChI=1S/C22H12O2S3/c23-21(19-11-13-5-1-3-7-15(13)25-19)17-9-10-18(27-17)22(24)20-12-14-6-2-4-8-16(14)26-20/h1-12H. The molecule has 0 saturated carbocycles. The maximum absolute atomic E-state index is 12.8. The monoisotopic (exact) mass is 404 g/mol. The van der Waals surface area contributed by atoms with Crippen molar-refractivity contribution in [2.24, 2.45) is 0 Å². The lowest BCUT2D eigenvalue weighted by Crippen LogP contribution is -1.95. The van der Waals surface area contributed by atoms with E-state index >= 15 is 0 Å². The van der Waals surface area contributed by atoms with E-state index < -0.39 is 0 Å². The van der Waals surface area contributed by atoms with E-state index in [0.717, 1.165) is 20.2 Å². The SMILES string of the molecule is O=C(c1ccc(C(=O)c2cc3ccccc3s2)s1)c1cc2ccccc2s1. The lowest BCUT2D eigenvalue weighted by atomic mass is 10.2. The van der Waals surface area contributed by atoms with Crippen molar-refractivity contribution in [1.29, 1.82) is 0 Å². The molecule has 0 radical (unpaired) electrons. The van der Waals surface area contributed by atoms with E-state index in [0.29, 0.717) is 19.5 Å². The summed E-state index contributed by atoms with van der Waals surface area (Å²) in [5.41, 5.74) is 0. The van der Waals surface area contributed by atoms with Crippen molar-refractivity contribution in [1.82, 2.24) is 0 Å². The minimum absolute atomic E-state index is 0.0170. The van der Waals surface area contributed by atoms with Crippen LogP contribution in [0.5, 0.6) is 0 Å². The summed E-state index contributed by atoms with van der Waals surface area (Å²) in [6.45, 7) is 0. The van der Waals surface area contributed by atoms with Crippen LogP contribution in [0, 0.1) is 0 Å². The van der Waals surface area contributed by atoms with Crippen LogP contribution in [0.3, 0.4) is 0 Å². The first kappa shape index (κ1) is 16.6. The highest BCUT2D eigenvalue weighted by molar-refractivity contribution is 7.23. The molecule has 0 spiro atoms. The number of ketones is 2. The number of carbonyl (C=O) groups excluding carboxylic acids is 2. The average molecular weight is 405 g/mol. The van der Waals surface area contributed by atoms with Gasteiger partial charge in [-0.3, -0.25) is 9.59 Å². The van der Waals surface area contributed by atoms with E-state index in [-0.39, 0.29) is 11.6 Å². The van der Waals surface area contributed by atoms with Gasteiger partial charge >= 0.3 is 0 Å². The van der Waals surface area contributed by atoms with Gasteiger partial charge in [0.1, 0.15) is 0 Å². The molecule has 0 amide bonds. The third-order valence-electron chi connectivity index (χ3n) is 4.35. The van der Waals surface area contributed by atoms with Crippen LogP contribution < -0.4 is 0 Å². The fourth-order valence-electron chi connectivity index (χ4n) is 3.01. The number of rotatable bonds is 4. The Labute approximate surface area is 167 Å². The van der Waals surface area contributed by atoms with Gasteiger partial charge in [0.2, 0.25) is 11.6 Å². The Morgan fingerprint density at radius 1 is 0.519 bits per heavy atom. The highest BCUT2D eigenvalue weighted by atomic mass is 32.1. The highest BCUT2D eigenvalue weighted by Gasteiger charge is 2.19. The molecule has 0 unspecified atom stereocenters. The molecule has 5 heteroatoms. The van der Waals surface area contributed by atoms with Crippen LogP contribution in [0.2, 0.25) is 0 Å². The van der Waals surface area contributed by atoms with Gasteiger partial charge in [0.05, 0.1) is 19.5 Å².